The SMILES string of the molecule is COc1ccc(/C(=C/c2ccc(C)c(C)c2)N(Cc2ccccc2)C(C)=O)cc1. The molecule has 3 rings (SSSR count). The van der Waals surface area contributed by atoms with Gasteiger partial charge in [0.1, 0.15) is 5.75 Å². The summed E-state index contributed by atoms with van der Waals surface area (Å²) in [5.74, 6) is 0.788. The number of benzene rings is 3. The maximum Gasteiger partial charge on any atom is 0.224 e. The van der Waals surface area contributed by atoms with Gasteiger partial charge in [0.2, 0.25) is 5.91 Å². The van der Waals surface area contributed by atoms with Crippen molar-refractivity contribution >= 4 is 17.7 Å². The minimum atomic E-state index is -0.000227. The van der Waals surface area contributed by atoms with E-state index in [-0.39, 0.29) is 5.91 Å². The van der Waals surface area contributed by atoms with Crippen molar-refractivity contribution in [1.82, 2.24) is 4.90 Å². The summed E-state index contributed by atoms with van der Waals surface area (Å²) >= 11 is 0. The van der Waals surface area contributed by atoms with Crippen molar-refractivity contribution in [2.75, 3.05) is 7.11 Å². The molecule has 0 aliphatic carbocycles. The van der Waals surface area contributed by atoms with Crippen LogP contribution < -0.4 is 4.74 Å². The van der Waals surface area contributed by atoms with E-state index < -0.39 is 0 Å². The molecule has 0 saturated carbocycles. The van der Waals surface area contributed by atoms with Gasteiger partial charge in [0.25, 0.3) is 0 Å². The maximum atomic E-state index is 12.7. The second-order valence-electron chi connectivity index (χ2n) is 7.19. The third-order valence-corrected chi connectivity index (χ3v) is 5.07. The molecule has 0 unspecified atom stereocenters. The lowest BCUT2D eigenvalue weighted by Crippen LogP contribution is -2.26. The molecule has 3 aromatic carbocycles. The average molecular weight is 386 g/mol. The van der Waals surface area contributed by atoms with Crippen LogP contribution >= 0.6 is 0 Å². The van der Waals surface area contributed by atoms with Crippen LogP contribution in [0.3, 0.4) is 0 Å². The van der Waals surface area contributed by atoms with Gasteiger partial charge in [0, 0.05) is 6.92 Å². The van der Waals surface area contributed by atoms with Crippen molar-refractivity contribution in [2.45, 2.75) is 27.3 Å². The van der Waals surface area contributed by atoms with E-state index in [1.807, 2.05) is 59.5 Å². The molecule has 0 N–H and O–H groups in total. The van der Waals surface area contributed by atoms with Crippen LogP contribution in [0.4, 0.5) is 0 Å². The first-order valence-electron chi connectivity index (χ1n) is 9.73. The minimum absolute atomic E-state index is 0.000227. The Morgan fingerprint density at radius 3 is 2.21 bits per heavy atom. The molecule has 0 saturated heterocycles. The summed E-state index contributed by atoms with van der Waals surface area (Å²) in [7, 11) is 1.65. The van der Waals surface area contributed by atoms with Crippen molar-refractivity contribution in [2.24, 2.45) is 0 Å². The highest BCUT2D eigenvalue weighted by Gasteiger charge is 2.17. The van der Waals surface area contributed by atoms with E-state index in [2.05, 4.69) is 38.1 Å². The van der Waals surface area contributed by atoms with Crippen LogP contribution in [0.2, 0.25) is 0 Å². The molecule has 0 radical (unpaired) electrons. The number of methoxy groups -OCH3 is 1. The van der Waals surface area contributed by atoms with Crippen LogP contribution in [-0.2, 0) is 11.3 Å². The fourth-order valence-corrected chi connectivity index (χ4v) is 3.22. The van der Waals surface area contributed by atoms with Crippen LogP contribution in [0.5, 0.6) is 5.75 Å². The number of hydrogen-bond acceptors (Lipinski definition) is 2. The summed E-state index contributed by atoms with van der Waals surface area (Å²) in [4.78, 5) is 14.5. The molecule has 148 valence electrons. The molecule has 0 aromatic heterocycles. The lowest BCUT2D eigenvalue weighted by Gasteiger charge is -2.25. The van der Waals surface area contributed by atoms with Crippen LogP contribution in [0.15, 0.2) is 72.8 Å². The average Bonchev–Trinajstić information content (AvgIpc) is 2.74. The molecule has 1 amide bonds. The Bertz CT molecular complexity index is 1000. The fourth-order valence-electron chi connectivity index (χ4n) is 3.22. The highest BCUT2D eigenvalue weighted by Crippen LogP contribution is 2.27. The largest absolute Gasteiger partial charge is 0.497 e. The van der Waals surface area contributed by atoms with Gasteiger partial charge >= 0.3 is 0 Å². The third-order valence-electron chi connectivity index (χ3n) is 5.07. The summed E-state index contributed by atoms with van der Waals surface area (Å²) in [6, 6.07) is 24.2. The summed E-state index contributed by atoms with van der Waals surface area (Å²) in [6.45, 7) is 6.33. The molecule has 29 heavy (non-hydrogen) atoms. The summed E-state index contributed by atoms with van der Waals surface area (Å²) in [6.07, 6.45) is 2.08. The number of carbonyl (C=O) groups excluding carboxylic acids is 1. The van der Waals surface area contributed by atoms with E-state index in [1.165, 1.54) is 11.1 Å². The van der Waals surface area contributed by atoms with Crippen LogP contribution in [0, 0.1) is 13.8 Å². The summed E-state index contributed by atoms with van der Waals surface area (Å²) in [5.41, 5.74) is 6.47. The number of nitrogens with zero attached hydrogens (tertiary/aromatic N) is 1. The standard InChI is InChI=1S/C26H27NO2/c1-19-10-11-23(16-20(19)2)17-26(24-12-14-25(29-4)15-13-24)27(21(3)28)18-22-8-6-5-7-9-22/h5-17H,18H2,1-4H3/b26-17-. The first kappa shape index (κ1) is 20.4. The van der Waals surface area contributed by atoms with Crippen LogP contribution in [0.25, 0.3) is 11.8 Å². The zero-order chi connectivity index (χ0) is 20.8. The Kier molecular flexibility index (Phi) is 6.50. The molecule has 0 fully saturated rings. The van der Waals surface area contributed by atoms with Gasteiger partial charge in [-0.15, -0.1) is 0 Å². The van der Waals surface area contributed by atoms with E-state index in [0.29, 0.717) is 6.54 Å². The van der Waals surface area contributed by atoms with Gasteiger partial charge in [-0.05, 0) is 72.0 Å². The monoisotopic (exact) mass is 385 g/mol. The van der Waals surface area contributed by atoms with Gasteiger partial charge in [-0.2, -0.15) is 0 Å². The van der Waals surface area contributed by atoms with Crippen molar-refractivity contribution in [3.05, 3.63) is 101 Å². The molecule has 0 aliphatic rings. The Hall–Kier alpha value is -3.33. The number of ether oxygens (including phenoxy) is 1. The first-order chi connectivity index (χ1) is 14.0. The molecular formula is C26H27NO2. The first-order valence-corrected chi connectivity index (χ1v) is 9.73. The van der Waals surface area contributed by atoms with Gasteiger partial charge in [-0.3, -0.25) is 4.79 Å². The molecule has 3 nitrogen and oxygen atoms in total. The van der Waals surface area contributed by atoms with E-state index in [1.54, 1.807) is 14.0 Å². The molecule has 3 heteroatoms. The zero-order valence-electron chi connectivity index (χ0n) is 17.5. The number of carbonyl (C=O) groups is 1. The van der Waals surface area contributed by atoms with Crippen LogP contribution in [-0.4, -0.2) is 17.9 Å². The number of hydrogen-bond donors (Lipinski definition) is 0. The highest BCUT2D eigenvalue weighted by molar-refractivity contribution is 5.91. The van der Waals surface area contributed by atoms with E-state index >= 15 is 0 Å². The molecule has 0 bridgehead atoms. The van der Waals surface area contributed by atoms with Crippen molar-refractivity contribution < 1.29 is 9.53 Å². The van der Waals surface area contributed by atoms with Crippen molar-refractivity contribution in [1.29, 1.82) is 0 Å². The van der Waals surface area contributed by atoms with Crippen molar-refractivity contribution in [3.8, 4) is 5.75 Å². The number of rotatable bonds is 6. The Morgan fingerprint density at radius 2 is 1.62 bits per heavy atom. The molecule has 0 heterocycles. The fraction of sp³-hybridized carbons (Fsp3) is 0.192. The zero-order valence-corrected chi connectivity index (χ0v) is 17.5. The van der Waals surface area contributed by atoms with Gasteiger partial charge in [-0.25, -0.2) is 0 Å². The quantitative estimate of drug-likeness (QED) is 0.498. The predicted octanol–water partition coefficient (Wildman–Crippen LogP) is 5.86. The molecule has 3 aromatic rings. The van der Waals surface area contributed by atoms with Gasteiger partial charge in [0.15, 0.2) is 0 Å². The Morgan fingerprint density at radius 1 is 0.931 bits per heavy atom. The predicted molar refractivity (Wildman–Crippen MR) is 119 cm³/mol. The summed E-state index contributed by atoms with van der Waals surface area (Å²) in [5, 5.41) is 0. The van der Waals surface area contributed by atoms with Gasteiger partial charge in [0.05, 0.1) is 19.4 Å². The lowest BCUT2D eigenvalue weighted by molar-refractivity contribution is -0.126. The van der Waals surface area contributed by atoms with E-state index in [4.69, 9.17) is 4.74 Å². The Balaban J connectivity index is 2.09. The minimum Gasteiger partial charge on any atom is -0.497 e. The molecular weight excluding hydrogens is 358 g/mol. The van der Waals surface area contributed by atoms with Gasteiger partial charge in [-0.1, -0.05) is 48.5 Å². The topological polar surface area (TPSA) is 29.5 Å². The molecule has 0 spiro atoms. The smallest absolute Gasteiger partial charge is 0.224 e. The highest BCUT2D eigenvalue weighted by atomic mass is 16.5. The second-order valence-corrected chi connectivity index (χ2v) is 7.19. The molecule has 0 aliphatic heterocycles. The Labute approximate surface area is 173 Å². The number of amides is 1. The molecule has 0 atom stereocenters. The van der Waals surface area contributed by atoms with Crippen LogP contribution in [0.1, 0.15) is 34.7 Å². The van der Waals surface area contributed by atoms with Crippen molar-refractivity contribution in [3.63, 3.8) is 0 Å². The van der Waals surface area contributed by atoms with Gasteiger partial charge < -0.3 is 9.64 Å². The van der Waals surface area contributed by atoms with E-state index in [9.17, 15) is 4.79 Å². The maximum absolute atomic E-state index is 12.7. The number of aryl methyl sites for hydroxylation is 2. The summed E-state index contributed by atoms with van der Waals surface area (Å²) < 4.78 is 5.30. The second kappa shape index (κ2) is 9.24. The lowest BCUT2D eigenvalue weighted by atomic mass is 10.0. The van der Waals surface area contributed by atoms with E-state index in [0.717, 1.165) is 28.1 Å². The third kappa shape index (κ3) is 5.14. The normalized spacial score (nSPS) is 11.2.